The lowest BCUT2D eigenvalue weighted by molar-refractivity contribution is 0.247. The summed E-state index contributed by atoms with van der Waals surface area (Å²) in [6, 6.07) is 18.1. The maximum Gasteiger partial charge on any atom is 0.138 e. The Hall–Kier alpha value is -3.68. The number of hydrogen-bond donors (Lipinski definition) is 2. The zero-order valence-corrected chi connectivity index (χ0v) is 19.3. The minimum absolute atomic E-state index is 0.647. The summed E-state index contributed by atoms with van der Waals surface area (Å²) in [7, 11) is 0. The maximum absolute atomic E-state index is 6.30. The fourth-order valence-electron chi connectivity index (χ4n) is 4.49. The molecule has 8 heteroatoms. The Kier molecular flexibility index (Phi) is 5.49. The number of H-pyrrole nitrogens is 2. The predicted molar refractivity (Wildman–Crippen MR) is 136 cm³/mol. The number of pyridine rings is 1. The number of fused-ring (bicyclic) bond motifs is 1. The van der Waals surface area contributed by atoms with Gasteiger partial charge in [0.05, 0.1) is 10.5 Å². The Bertz CT molecular complexity index is 1420. The third kappa shape index (κ3) is 4.16. The second-order valence-corrected chi connectivity index (χ2v) is 8.94. The van der Waals surface area contributed by atoms with Crippen LogP contribution in [0.15, 0.2) is 73.2 Å². The molecule has 2 aromatic carbocycles. The van der Waals surface area contributed by atoms with Crippen LogP contribution in [-0.4, -0.2) is 56.0 Å². The molecule has 0 bridgehead atoms. The largest absolute Gasteiger partial charge is 0.369 e. The highest BCUT2D eigenvalue weighted by molar-refractivity contribution is 6.35. The number of hydrogen-bond acceptors (Lipinski definition) is 5. The van der Waals surface area contributed by atoms with E-state index in [9.17, 15) is 0 Å². The molecule has 0 radical (unpaired) electrons. The summed E-state index contributed by atoms with van der Waals surface area (Å²) < 4.78 is 0. The van der Waals surface area contributed by atoms with Crippen molar-refractivity contribution in [3.8, 4) is 22.8 Å². The normalized spacial score (nSPS) is 14.7. The van der Waals surface area contributed by atoms with Crippen molar-refractivity contribution in [3.63, 3.8) is 0 Å². The third-order valence-electron chi connectivity index (χ3n) is 6.30. The van der Waals surface area contributed by atoms with E-state index in [-0.39, 0.29) is 0 Å². The number of benzene rings is 2. The fraction of sp³-hybridized carbons (Fsp3) is 0.192. The highest BCUT2D eigenvalue weighted by Gasteiger charge is 2.18. The van der Waals surface area contributed by atoms with Crippen molar-refractivity contribution >= 4 is 28.3 Å². The molecule has 1 aliphatic rings. The van der Waals surface area contributed by atoms with Gasteiger partial charge in [0.15, 0.2) is 0 Å². The average molecular weight is 470 g/mol. The summed E-state index contributed by atoms with van der Waals surface area (Å²) in [6.07, 6.45) is 5.65. The number of nitrogens with one attached hydrogen (secondary N) is 2. The van der Waals surface area contributed by atoms with E-state index in [0.29, 0.717) is 5.02 Å². The van der Waals surface area contributed by atoms with Crippen LogP contribution in [0.1, 0.15) is 5.69 Å². The van der Waals surface area contributed by atoms with Crippen molar-refractivity contribution in [2.24, 2.45) is 0 Å². The second-order valence-electron chi connectivity index (χ2n) is 8.53. The fourth-order valence-corrected chi connectivity index (χ4v) is 4.71. The molecule has 34 heavy (non-hydrogen) atoms. The SMILES string of the molecule is Clc1cccc2[nH]c(-c3cccc(-c4ncc(CN5CCN(c6ccncc6)CC5)[nH]4)c3)nc12. The summed E-state index contributed by atoms with van der Waals surface area (Å²) in [4.78, 5) is 25.2. The van der Waals surface area contributed by atoms with Gasteiger partial charge in [0.2, 0.25) is 0 Å². The molecule has 6 rings (SSSR count). The van der Waals surface area contributed by atoms with Crippen LogP contribution in [0.3, 0.4) is 0 Å². The lowest BCUT2D eigenvalue weighted by Gasteiger charge is -2.35. The van der Waals surface area contributed by atoms with Gasteiger partial charge in [0.25, 0.3) is 0 Å². The summed E-state index contributed by atoms with van der Waals surface area (Å²) in [5.41, 5.74) is 6.09. The molecule has 1 fully saturated rings. The minimum Gasteiger partial charge on any atom is -0.369 e. The number of piperazine rings is 1. The lowest BCUT2D eigenvalue weighted by atomic mass is 10.1. The van der Waals surface area contributed by atoms with Gasteiger partial charge in [0.1, 0.15) is 17.2 Å². The Morgan fingerprint density at radius 1 is 0.853 bits per heavy atom. The zero-order valence-electron chi connectivity index (χ0n) is 18.6. The topological polar surface area (TPSA) is 76.7 Å². The highest BCUT2D eigenvalue weighted by Crippen LogP contribution is 2.28. The first-order valence-corrected chi connectivity index (χ1v) is 11.8. The summed E-state index contributed by atoms with van der Waals surface area (Å²) in [5, 5.41) is 0.647. The molecule has 1 saturated heterocycles. The second kappa shape index (κ2) is 8.93. The maximum atomic E-state index is 6.30. The highest BCUT2D eigenvalue weighted by atomic mass is 35.5. The predicted octanol–water partition coefficient (Wildman–Crippen LogP) is 4.99. The number of nitrogens with zero attached hydrogens (tertiary/aromatic N) is 5. The quantitative estimate of drug-likeness (QED) is 0.379. The molecule has 170 valence electrons. The lowest BCUT2D eigenvalue weighted by Crippen LogP contribution is -2.46. The van der Waals surface area contributed by atoms with Crippen LogP contribution in [0.4, 0.5) is 5.69 Å². The van der Waals surface area contributed by atoms with Gasteiger partial charge in [-0.15, -0.1) is 0 Å². The van der Waals surface area contributed by atoms with Crippen LogP contribution in [0.2, 0.25) is 5.02 Å². The van der Waals surface area contributed by atoms with Gasteiger partial charge in [-0.05, 0) is 30.3 Å². The smallest absolute Gasteiger partial charge is 0.138 e. The van der Waals surface area contributed by atoms with E-state index in [4.69, 9.17) is 16.6 Å². The van der Waals surface area contributed by atoms with E-state index in [1.807, 2.05) is 48.9 Å². The van der Waals surface area contributed by atoms with E-state index in [1.54, 1.807) is 0 Å². The molecule has 2 N–H and O–H groups in total. The van der Waals surface area contributed by atoms with Gasteiger partial charge >= 0.3 is 0 Å². The molecule has 0 atom stereocenters. The third-order valence-corrected chi connectivity index (χ3v) is 6.60. The minimum atomic E-state index is 0.647. The molecule has 1 aliphatic heterocycles. The molecule has 7 nitrogen and oxygen atoms in total. The summed E-state index contributed by atoms with van der Waals surface area (Å²) in [6.45, 7) is 4.91. The number of anilines is 1. The number of rotatable bonds is 5. The van der Waals surface area contributed by atoms with Crippen LogP contribution in [-0.2, 0) is 6.54 Å². The van der Waals surface area contributed by atoms with Gasteiger partial charge in [-0.2, -0.15) is 0 Å². The monoisotopic (exact) mass is 469 g/mol. The number of aromatic amines is 2. The van der Waals surface area contributed by atoms with Crippen LogP contribution >= 0.6 is 11.6 Å². The molecule has 0 spiro atoms. The Morgan fingerprint density at radius 2 is 1.62 bits per heavy atom. The number of imidazole rings is 2. The van der Waals surface area contributed by atoms with Gasteiger partial charge in [-0.25, -0.2) is 9.97 Å². The van der Waals surface area contributed by atoms with Crippen molar-refractivity contribution < 1.29 is 0 Å². The van der Waals surface area contributed by atoms with E-state index in [1.165, 1.54) is 5.69 Å². The molecule has 0 saturated carbocycles. The standard InChI is InChI=1S/C26H24ClN7/c27-22-5-2-6-23-24(22)32-26(31-23)19-4-1-3-18(15-19)25-29-16-20(30-25)17-33-11-13-34(14-12-33)21-7-9-28-10-8-21/h1-10,15-16H,11-14,17H2,(H,29,30)(H,31,32). The molecular weight excluding hydrogens is 446 g/mol. The van der Waals surface area contributed by atoms with Gasteiger partial charge in [0, 0.05) is 73.8 Å². The van der Waals surface area contributed by atoms with E-state index in [0.717, 1.165) is 72.2 Å². The number of aromatic nitrogens is 5. The molecule has 0 amide bonds. The Labute approximate surface area is 202 Å². The van der Waals surface area contributed by atoms with Gasteiger partial charge in [-0.3, -0.25) is 9.88 Å². The summed E-state index contributed by atoms with van der Waals surface area (Å²) in [5.74, 6) is 1.66. The van der Waals surface area contributed by atoms with E-state index < -0.39 is 0 Å². The van der Waals surface area contributed by atoms with Crippen molar-refractivity contribution in [2.45, 2.75) is 6.54 Å². The van der Waals surface area contributed by atoms with Gasteiger partial charge < -0.3 is 14.9 Å². The van der Waals surface area contributed by atoms with Gasteiger partial charge in [-0.1, -0.05) is 35.9 Å². The summed E-state index contributed by atoms with van der Waals surface area (Å²) >= 11 is 6.30. The van der Waals surface area contributed by atoms with Crippen LogP contribution in [0.25, 0.3) is 33.8 Å². The Balaban J connectivity index is 1.15. The first kappa shape index (κ1) is 20.9. The van der Waals surface area contributed by atoms with Crippen molar-refractivity contribution in [2.75, 3.05) is 31.1 Å². The first-order chi connectivity index (χ1) is 16.7. The van der Waals surface area contributed by atoms with Crippen LogP contribution < -0.4 is 4.90 Å². The van der Waals surface area contributed by atoms with Crippen LogP contribution in [0, 0.1) is 0 Å². The zero-order chi connectivity index (χ0) is 22.9. The molecule has 5 aromatic rings. The van der Waals surface area contributed by atoms with Crippen molar-refractivity contribution in [3.05, 3.63) is 83.9 Å². The van der Waals surface area contributed by atoms with Crippen LogP contribution in [0.5, 0.6) is 0 Å². The molecule has 4 heterocycles. The Morgan fingerprint density at radius 3 is 2.41 bits per heavy atom. The van der Waals surface area contributed by atoms with Crippen molar-refractivity contribution in [1.29, 1.82) is 0 Å². The molecule has 0 unspecified atom stereocenters. The molecular formula is C26H24ClN7. The number of para-hydroxylation sites is 1. The van der Waals surface area contributed by atoms with E-state index in [2.05, 4.69) is 54.0 Å². The first-order valence-electron chi connectivity index (χ1n) is 11.4. The molecule has 0 aliphatic carbocycles. The average Bonchev–Trinajstić information content (AvgIpc) is 3.54. The molecule has 3 aromatic heterocycles. The van der Waals surface area contributed by atoms with E-state index >= 15 is 0 Å². The van der Waals surface area contributed by atoms with Crippen molar-refractivity contribution in [1.82, 2.24) is 29.8 Å². The number of halogens is 1.